The van der Waals surface area contributed by atoms with Crippen LogP contribution in [0.4, 0.5) is 17.1 Å². The summed E-state index contributed by atoms with van der Waals surface area (Å²) in [6.07, 6.45) is 0. The number of hydrogen-bond donors (Lipinski definition) is 1. The molecule has 17 heavy (non-hydrogen) atoms. The zero-order chi connectivity index (χ0) is 12.3. The average molecular weight is 338 g/mol. The second-order valence-electron chi connectivity index (χ2n) is 3.79. The topological polar surface area (TPSA) is 29.3 Å². The third-order valence-corrected chi connectivity index (χ3v) is 3.51. The standard InChI is InChI=1S/C14H15IN2/c1-2-17(12-6-4-3-5-7-12)14-9-8-11(16)10-13(14)15/h3-10H,2,16H2,1H3. The van der Waals surface area contributed by atoms with E-state index in [4.69, 9.17) is 5.73 Å². The first-order valence-corrected chi connectivity index (χ1v) is 6.68. The summed E-state index contributed by atoms with van der Waals surface area (Å²) in [5.41, 5.74) is 9.00. The van der Waals surface area contributed by atoms with Crippen LogP contribution in [-0.4, -0.2) is 6.54 Å². The maximum Gasteiger partial charge on any atom is 0.0547 e. The Bertz CT molecular complexity index is 497. The fraction of sp³-hybridized carbons (Fsp3) is 0.143. The van der Waals surface area contributed by atoms with Crippen LogP contribution in [0.5, 0.6) is 0 Å². The van der Waals surface area contributed by atoms with Crippen LogP contribution in [0.15, 0.2) is 48.5 Å². The maximum atomic E-state index is 5.78. The zero-order valence-corrected chi connectivity index (χ0v) is 11.9. The Morgan fingerprint density at radius 1 is 1.12 bits per heavy atom. The second-order valence-corrected chi connectivity index (χ2v) is 4.95. The number of anilines is 3. The molecule has 0 saturated carbocycles. The predicted octanol–water partition coefficient (Wildman–Crippen LogP) is 4.03. The molecule has 0 amide bonds. The minimum absolute atomic E-state index is 0.808. The molecule has 0 radical (unpaired) electrons. The van der Waals surface area contributed by atoms with Gasteiger partial charge >= 0.3 is 0 Å². The van der Waals surface area contributed by atoms with Gasteiger partial charge in [-0.2, -0.15) is 0 Å². The summed E-state index contributed by atoms with van der Waals surface area (Å²) in [7, 11) is 0. The number of hydrogen-bond acceptors (Lipinski definition) is 2. The van der Waals surface area contributed by atoms with E-state index in [0.717, 1.165) is 12.2 Å². The van der Waals surface area contributed by atoms with Gasteiger partial charge in [-0.15, -0.1) is 0 Å². The molecule has 0 aromatic heterocycles. The average Bonchev–Trinajstić information content (AvgIpc) is 2.34. The lowest BCUT2D eigenvalue weighted by molar-refractivity contribution is 1.02. The monoisotopic (exact) mass is 338 g/mol. The third-order valence-electron chi connectivity index (χ3n) is 2.65. The molecule has 2 aromatic carbocycles. The molecule has 2 nitrogen and oxygen atoms in total. The van der Waals surface area contributed by atoms with E-state index >= 15 is 0 Å². The molecule has 0 fully saturated rings. The van der Waals surface area contributed by atoms with Crippen LogP contribution in [0.3, 0.4) is 0 Å². The summed E-state index contributed by atoms with van der Waals surface area (Å²) in [5.74, 6) is 0. The number of nitrogens with two attached hydrogens (primary N) is 1. The van der Waals surface area contributed by atoms with Gasteiger partial charge in [0.25, 0.3) is 0 Å². The van der Waals surface area contributed by atoms with Gasteiger partial charge in [-0.25, -0.2) is 0 Å². The molecule has 0 bridgehead atoms. The lowest BCUT2D eigenvalue weighted by Crippen LogP contribution is -2.17. The molecule has 0 unspecified atom stereocenters. The molecule has 3 heteroatoms. The Kier molecular flexibility index (Phi) is 3.89. The summed E-state index contributed by atoms with van der Waals surface area (Å²) < 4.78 is 1.17. The fourth-order valence-electron chi connectivity index (χ4n) is 1.84. The molecule has 0 atom stereocenters. The largest absolute Gasteiger partial charge is 0.399 e. The van der Waals surface area contributed by atoms with Gasteiger partial charge in [0.1, 0.15) is 0 Å². The summed E-state index contributed by atoms with van der Waals surface area (Å²) in [4.78, 5) is 2.28. The first-order valence-electron chi connectivity index (χ1n) is 5.60. The van der Waals surface area contributed by atoms with E-state index in [1.54, 1.807) is 0 Å². The van der Waals surface area contributed by atoms with Crippen molar-refractivity contribution >= 4 is 39.7 Å². The highest BCUT2D eigenvalue weighted by Gasteiger charge is 2.10. The zero-order valence-electron chi connectivity index (χ0n) is 9.73. The Labute approximate surface area is 116 Å². The van der Waals surface area contributed by atoms with Crippen molar-refractivity contribution in [2.24, 2.45) is 0 Å². The Morgan fingerprint density at radius 2 is 1.82 bits per heavy atom. The van der Waals surface area contributed by atoms with Crippen molar-refractivity contribution in [1.29, 1.82) is 0 Å². The van der Waals surface area contributed by atoms with Crippen molar-refractivity contribution in [1.82, 2.24) is 0 Å². The van der Waals surface area contributed by atoms with Crippen LogP contribution in [-0.2, 0) is 0 Å². The van der Waals surface area contributed by atoms with Crippen LogP contribution in [0.1, 0.15) is 6.92 Å². The lowest BCUT2D eigenvalue weighted by Gasteiger charge is -2.24. The lowest BCUT2D eigenvalue weighted by atomic mass is 10.2. The normalized spacial score (nSPS) is 10.2. The molecule has 2 aromatic rings. The van der Waals surface area contributed by atoms with E-state index in [-0.39, 0.29) is 0 Å². The first kappa shape index (κ1) is 12.2. The Morgan fingerprint density at radius 3 is 2.41 bits per heavy atom. The number of nitrogen functional groups attached to an aromatic ring is 1. The smallest absolute Gasteiger partial charge is 0.0547 e. The SMILES string of the molecule is CCN(c1ccccc1)c1ccc(N)cc1I. The number of para-hydroxylation sites is 1. The number of nitrogens with zero attached hydrogens (tertiary/aromatic N) is 1. The molecule has 0 saturated heterocycles. The third kappa shape index (κ3) is 2.72. The van der Waals surface area contributed by atoms with E-state index in [9.17, 15) is 0 Å². The van der Waals surface area contributed by atoms with E-state index in [2.05, 4.69) is 64.7 Å². The van der Waals surface area contributed by atoms with Gasteiger partial charge in [-0.1, -0.05) is 18.2 Å². The molecule has 2 N–H and O–H groups in total. The van der Waals surface area contributed by atoms with E-state index in [0.29, 0.717) is 0 Å². The van der Waals surface area contributed by atoms with Crippen molar-refractivity contribution in [2.45, 2.75) is 6.92 Å². The van der Waals surface area contributed by atoms with Crippen molar-refractivity contribution < 1.29 is 0 Å². The highest BCUT2D eigenvalue weighted by atomic mass is 127. The van der Waals surface area contributed by atoms with Crippen LogP contribution in [0, 0.1) is 3.57 Å². The Hall–Kier alpha value is -1.23. The summed E-state index contributed by atoms with van der Waals surface area (Å²) >= 11 is 2.33. The van der Waals surface area contributed by atoms with Gasteiger partial charge < -0.3 is 10.6 Å². The summed E-state index contributed by atoms with van der Waals surface area (Å²) in [6.45, 7) is 3.09. The molecule has 0 aliphatic carbocycles. The molecule has 0 aliphatic rings. The van der Waals surface area contributed by atoms with E-state index < -0.39 is 0 Å². The van der Waals surface area contributed by atoms with Gasteiger partial charge in [0.15, 0.2) is 0 Å². The van der Waals surface area contributed by atoms with Gasteiger partial charge in [0, 0.05) is 21.5 Å². The highest BCUT2D eigenvalue weighted by Crippen LogP contribution is 2.30. The van der Waals surface area contributed by atoms with Gasteiger partial charge in [0.05, 0.1) is 5.69 Å². The molecule has 0 heterocycles. The number of rotatable bonds is 3. The number of benzene rings is 2. The minimum Gasteiger partial charge on any atom is -0.399 e. The molecule has 2 rings (SSSR count). The number of halogens is 1. The van der Waals surface area contributed by atoms with Crippen LogP contribution in [0.2, 0.25) is 0 Å². The molecular formula is C14H15IN2. The molecule has 88 valence electrons. The predicted molar refractivity (Wildman–Crippen MR) is 82.7 cm³/mol. The summed E-state index contributed by atoms with van der Waals surface area (Å²) in [5, 5.41) is 0. The van der Waals surface area contributed by atoms with Gasteiger partial charge in [-0.05, 0) is 59.8 Å². The highest BCUT2D eigenvalue weighted by molar-refractivity contribution is 14.1. The quantitative estimate of drug-likeness (QED) is 0.676. The van der Waals surface area contributed by atoms with E-state index in [1.165, 1.54) is 14.9 Å². The van der Waals surface area contributed by atoms with Crippen LogP contribution < -0.4 is 10.6 Å². The summed E-state index contributed by atoms with van der Waals surface area (Å²) in [6, 6.07) is 16.4. The Balaban J connectivity index is 2.42. The molecule has 0 spiro atoms. The van der Waals surface area contributed by atoms with Crippen molar-refractivity contribution in [3.05, 3.63) is 52.1 Å². The van der Waals surface area contributed by atoms with Crippen molar-refractivity contribution in [3.63, 3.8) is 0 Å². The fourth-order valence-corrected chi connectivity index (χ4v) is 2.67. The van der Waals surface area contributed by atoms with Gasteiger partial charge in [0.2, 0.25) is 0 Å². The molecular weight excluding hydrogens is 323 g/mol. The van der Waals surface area contributed by atoms with Crippen LogP contribution in [0.25, 0.3) is 0 Å². The van der Waals surface area contributed by atoms with Crippen molar-refractivity contribution in [3.8, 4) is 0 Å². The first-order chi connectivity index (χ1) is 8.22. The van der Waals surface area contributed by atoms with Crippen molar-refractivity contribution in [2.75, 3.05) is 17.2 Å². The van der Waals surface area contributed by atoms with Crippen LogP contribution >= 0.6 is 22.6 Å². The second kappa shape index (κ2) is 5.40. The minimum atomic E-state index is 0.808. The maximum absolute atomic E-state index is 5.78. The molecule has 0 aliphatic heterocycles. The van der Waals surface area contributed by atoms with E-state index in [1.807, 2.05) is 18.2 Å². The van der Waals surface area contributed by atoms with Gasteiger partial charge in [-0.3, -0.25) is 0 Å².